The van der Waals surface area contributed by atoms with E-state index in [1.54, 1.807) is 32.1 Å². The van der Waals surface area contributed by atoms with E-state index in [-0.39, 0.29) is 5.83 Å². The smallest absolute Gasteiger partial charge is 0.161 e. The van der Waals surface area contributed by atoms with Crippen LogP contribution in [0.1, 0.15) is 37.8 Å². The van der Waals surface area contributed by atoms with Gasteiger partial charge in [-0.2, -0.15) is 0 Å². The molecule has 0 fully saturated rings. The lowest BCUT2D eigenvalue weighted by atomic mass is 9.74. The second-order valence-corrected chi connectivity index (χ2v) is 8.78. The summed E-state index contributed by atoms with van der Waals surface area (Å²) in [6.45, 7) is 4.67. The van der Waals surface area contributed by atoms with Gasteiger partial charge in [0.1, 0.15) is 5.83 Å². The van der Waals surface area contributed by atoms with Crippen molar-refractivity contribution >= 4 is 11.8 Å². The molecule has 0 spiro atoms. The Hall–Kier alpha value is -2.24. The lowest BCUT2D eigenvalue weighted by molar-refractivity contribution is 0.169. The van der Waals surface area contributed by atoms with E-state index in [9.17, 15) is 0 Å². The van der Waals surface area contributed by atoms with Crippen LogP contribution in [0.2, 0.25) is 0 Å². The van der Waals surface area contributed by atoms with Gasteiger partial charge in [-0.3, -0.25) is 0 Å². The molecule has 2 aromatic rings. The van der Waals surface area contributed by atoms with E-state index in [1.807, 2.05) is 48.5 Å². The zero-order chi connectivity index (χ0) is 21.6. The highest BCUT2D eigenvalue weighted by atomic mass is 32.2. The first-order valence-corrected chi connectivity index (χ1v) is 11.0. The van der Waals surface area contributed by atoms with Crippen molar-refractivity contribution < 1.29 is 18.6 Å². The summed E-state index contributed by atoms with van der Waals surface area (Å²) in [6, 6.07) is 15.8. The second-order valence-electron chi connectivity index (χ2n) is 7.73. The van der Waals surface area contributed by atoms with E-state index in [1.165, 1.54) is 0 Å². The molecule has 0 amide bonds. The van der Waals surface area contributed by atoms with Gasteiger partial charge in [0.2, 0.25) is 0 Å². The fourth-order valence-electron chi connectivity index (χ4n) is 3.64. The average Bonchev–Trinajstić information content (AvgIpc) is 2.76. The lowest BCUT2D eigenvalue weighted by Gasteiger charge is -2.32. The first kappa shape index (κ1) is 22.4. The Morgan fingerprint density at radius 3 is 2.37 bits per heavy atom. The maximum Gasteiger partial charge on any atom is 0.161 e. The number of allylic oxidation sites excluding steroid dienone is 4. The Morgan fingerprint density at radius 2 is 1.70 bits per heavy atom. The molecule has 0 aliphatic heterocycles. The summed E-state index contributed by atoms with van der Waals surface area (Å²) in [7, 11) is 3.22. The molecule has 1 aliphatic rings. The third-order valence-electron chi connectivity index (χ3n) is 5.50. The van der Waals surface area contributed by atoms with Gasteiger partial charge in [0.15, 0.2) is 11.5 Å². The van der Waals surface area contributed by atoms with E-state index in [0.717, 1.165) is 28.0 Å². The summed E-state index contributed by atoms with van der Waals surface area (Å²) >= 11 is 1.57. The monoisotopic (exact) mass is 428 g/mol. The first-order valence-electron chi connectivity index (χ1n) is 10.0. The molecule has 0 atom stereocenters. The number of ether oxygens (including phenoxy) is 3. The van der Waals surface area contributed by atoms with Crippen molar-refractivity contribution in [3.63, 3.8) is 0 Å². The third-order valence-corrected chi connectivity index (χ3v) is 6.47. The summed E-state index contributed by atoms with van der Waals surface area (Å²) in [6.07, 6.45) is 3.17. The highest BCUT2D eigenvalue weighted by Crippen LogP contribution is 2.43. The number of rotatable bonds is 9. The molecule has 0 radical (unpaired) electrons. The number of hydrogen-bond acceptors (Lipinski definition) is 4. The third kappa shape index (κ3) is 5.27. The molecule has 30 heavy (non-hydrogen) atoms. The highest BCUT2D eigenvalue weighted by molar-refractivity contribution is 8.02. The molecular weight excluding hydrogens is 399 g/mol. The molecule has 2 aromatic carbocycles. The molecule has 0 saturated carbocycles. The number of benzene rings is 2. The van der Waals surface area contributed by atoms with Gasteiger partial charge in [-0.05, 0) is 52.7 Å². The van der Waals surface area contributed by atoms with Gasteiger partial charge in [-0.25, -0.2) is 4.39 Å². The number of halogens is 1. The SMILES string of the molecule is COc1ccc(C(C)(C)C2=C(F)C=C(SCOCc3ccccc3)CC2)cc1OC. The van der Waals surface area contributed by atoms with Gasteiger partial charge in [-0.15, -0.1) is 11.8 Å². The van der Waals surface area contributed by atoms with Crippen molar-refractivity contribution in [1.29, 1.82) is 0 Å². The summed E-state index contributed by atoms with van der Waals surface area (Å²) < 4.78 is 31.6. The van der Waals surface area contributed by atoms with E-state index in [4.69, 9.17) is 14.2 Å². The zero-order valence-corrected chi connectivity index (χ0v) is 18.9. The van der Waals surface area contributed by atoms with Crippen molar-refractivity contribution in [1.82, 2.24) is 0 Å². The summed E-state index contributed by atoms with van der Waals surface area (Å²) in [5, 5.41) is 0. The van der Waals surface area contributed by atoms with Gasteiger partial charge < -0.3 is 14.2 Å². The van der Waals surface area contributed by atoms with Crippen molar-refractivity contribution in [2.24, 2.45) is 0 Å². The van der Waals surface area contributed by atoms with Crippen molar-refractivity contribution in [2.75, 3.05) is 20.2 Å². The molecule has 0 unspecified atom stereocenters. The number of methoxy groups -OCH3 is 2. The minimum absolute atomic E-state index is 0.147. The fourth-order valence-corrected chi connectivity index (χ4v) is 4.39. The first-order chi connectivity index (χ1) is 14.5. The highest BCUT2D eigenvalue weighted by Gasteiger charge is 2.31. The minimum Gasteiger partial charge on any atom is -0.493 e. The van der Waals surface area contributed by atoms with E-state index < -0.39 is 5.41 Å². The molecule has 1 aliphatic carbocycles. The van der Waals surface area contributed by atoms with Crippen LogP contribution in [0, 0.1) is 0 Å². The van der Waals surface area contributed by atoms with Crippen LogP contribution in [0.3, 0.4) is 0 Å². The zero-order valence-electron chi connectivity index (χ0n) is 18.0. The largest absolute Gasteiger partial charge is 0.493 e. The van der Waals surface area contributed by atoms with Crippen LogP contribution in [0.5, 0.6) is 11.5 Å². The number of thioether (sulfide) groups is 1. The maximum atomic E-state index is 15.1. The fraction of sp³-hybridized carbons (Fsp3) is 0.360. The summed E-state index contributed by atoms with van der Waals surface area (Å²) in [4.78, 5) is 1.02. The second kappa shape index (κ2) is 10.2. The van der Waals surface area contributed by atoms with Crippen LogP contribution in [-0.2, 0) is 16.8 Å². The Balaban J connectivity index is 1.67. The van der Waals surface area contributed by atoms with Crippen LogP contribution in [0.4, 0.5) is 4.39 Å². The normalized spacial score (nSPS) is 14.5. The Bertz CT molecular complexity index is 919. The molecule has 3 nitrogen and oxygen atoms in total. The Labute approximate surface area is 182 Å². The van der Waals surface area contributed by atoms with Crippen LogP contribution in [-0.4, -0.2) is 20.2 Å². The van der Waals surface area contributed by atoms with Crippen LogP contribution in [0.25, 0.3) is 0 Å². The van der Waals surface area contributed by atoms with Gasteiger partial charge in [0.25, 0.3) is 0 Å². The average molecular weight is 429 g/mol. The minimum atomic E-state index is -0.444. The molecule has 3 rings (SSSR count). The molecule has 160 valence electrons. The molecule has 0 heterocycles. The van der Waals surface area contributed by atoms with Gasteiger partial charge in [0, 0.05) is 5.41 Å². The van der Waals surface area contributed by atoms with Crippen LogP contribution < -0.4 is 9.47 Å². The van der Waals surface area contributed by atoms with E-state index in [0.29, 0.717) is 30.5 Å². The summed E-state index contributed by atoms with van der Waals surface area (Å²) in [5.41, 5.74) is 2.51. The van der Waals surface area contributed by atoms with Crippen molar-refractivity contribution in [2.45, 2.75) is 38.7 Å². The predicted molar refractivity (Wildman–Crippen MR) is 122 cm³/mol. The molecule has 0 aromatic heterocycles. The van der Waals surface area contributed by atoms with Gasteiger partial charge >= 0.3 is 0 Å². The molecular formula is C25H29FO3S. The van der Waals surface area contributed by atoms with Crippen LogP contribution in [0.15, 0.2) is 70.9 Å². The standard InChI is InChI=1S/C25H29FO3S/c1-25(2,19-10-13-23(27-3)24(14-19)28-4)21-12-11-20(15-22(21)26)30-17-29-16-18-8-6-5-7-9-18/h5-10,13-15H,11-12,16-17H2,1-4H3. The molecule has 5 heteroatoms. The Morgan fingerprint density at radius 1 is 0.967 bits per heavy atom. The number of hydrogen-bond donors (Lipinski definition) is 0. The molecule has 0 saturated heterocycles. The maximum absolute atomic E-state index is 15.1. The van der Waals surface area contributed by atoms with Crippen molar-refractivity contribution in [3.8, 4) is 11.5 Å². The molecule has 0 bridgehead atoms. The Kier molecular flexibility index (Phi) is 7.62. The van der Waals surface area contributed by atoms with Crippen molar-refractivity contribution in [3.05, 3.63) is 82.0 Å². The van der Waals surface area contributed by atoms with Gasteiger partial charge in [-0.1, -0.05) is 50.2 Å². The topological polar surface area (TPSA) is 27.7 Å². The van der Waals surface area contributed by atoms with E-state index >= 15 is 4.39 Å². The molecule has 0 N–H and O–H groups in total. The lowest BCUT2D eigenvalue weighted by Crippen LogP contribution is -2.23. The van der Waals surface area contributed by atoms with Crippen LogP contribution >= 0.6 is 11.8 Å². The van der Waals surface area contributed by atoms with Gasteiger partial charge in [0.05, 0.1) is 26.8 Å². The quantitative estimate of drug-likeness (QED) is 0.325. The van der Waals surface area contributed by atoms with E-state index in [2.05, 4.69) is 13.8 Å². The predicted octanol–water partition coefficient (Wildman–Crippen LogP) is 6.79. The summed E-state index contributed by atoms with van der Waals surface area (Å²) in [5.74, 6) is 1.70.